The summed E-state index contributed by atoms with van der Waals surface area (Å²) >= 11 is 1.35. The lowest BCUT2D eigenvalue weighted by Crippen LogP contribution is -2.21. The maximum absolute atomic E-state index is 12.1. The van der Waals surface area contributed by atoms with Gasteiger partial charge in [0.2, 0.25) is 0 Å². The van der Waals surface area contributed by atoms with Crippen molar-refractivity contribution in [1.29, 1.82) is 0 Å². The van der Waals surface area contributed by atoms with Crippen molar-refractivity contribution in [2.24, 2.45) is 0 Å². The van der Waals surface area contributed by atoms with Gasteiger partial charge < -0.3 is 14.8 Å². The van der Waals surface area contributed by atoms with Crippen LogP contribution in [0.1, 0.15) is 27.4 Å². The van der Waals surface area contributed by atoms with Gasteiger partial charge in [0, 0.05) is 17.0 Å². The van der Waals surface area contributed by atoms with Gasteiger partial charge in [-0.25, -0.2) is 0 Å². The summed E-state index contributed by atoms with van der Waals surface area (Å²) in [5, 5.41) is 2.45. The molecule has 0 unspecified atom stereocenters. The van der Waals surface area contributed by atoms with Crippen LogP contribution in [0.3, 0.4) is 0 Å². The molecule has 0 spiro atoms. The fraction of sp³-hybridized carbons (Fsp3) is 0.278. The van der Waals surface area contributed by atoms with E-state index in [0.29, 0.717) is 10.6 Å². The number of esters is 1. The van der Waals surface area contributed by atoms with Crippen molar-refractivity contribution < 1.29 is 32.6 Å². The SMILES string of the molecule is Cc1ccc(C(=O)CCC(=O)OCC(=O)Nc2ccc(OC(F)F)cc2)s1. The summed E-state index contributed by atoms with van der Waals surface area (Å²) in [7, 11) is 0. The Labute approximate surface area is 158 Å². The maximum atomic E-state index is 12.1. The molecule has 1 amide bonds. The van der Waals surface area contributed by atoms with Gasteiger partial charge in [-0.1, -0.05) is 0 Å². The summed E-state index contributed by atoms with van der Waals surface area (Å²) < 4.78 is 33.1. The molecule has 9 heteroatoms. The lowest BCUT2D eigenvalue weighted by molar-refractivity contribution is -0.147. The third-order valence-corrected chi connectivity index (χ3v) is 4.34. The number of anilines is 1. The summed E-state index contributed by atoms with van der Waals surface area (Å²) in [6, 6.07) is 8.82. The molecule has 0 bridgehead atoms. The second-order valence-electron chi connectivity index (χ2n) is 5.45. The number of thiophene rings is 1. The van der Waals surface area contributed by atoms with Crippen LogP contribution in [0.2, 0.25) is 0 Å². The Bertz CT molecular complexity index is 804. The first-order valence-corrected chi connectivity index (χ1v) is 8.75. The minimum atomic E-state index is -2.93. The molecule has 0 saturated carbocycles. The molecule has 1 aromatic carbocycles. The fourth-order valence-electron chi connectivity index (χ4n) is 2.06. The van der Waals surface area contributed by atoms with E-state index in [1.54, 1.807) is 6.07 Å². The quantitative estimate of drug-likeness (QED) is 0.514. The molecule has 27 heavy (non-hydrogen) atoms. The molecule has 6 nitrogen and oxygen atoms in total. The van der Waals surface area contributed by atoms with E-state index in [1.165, 1.54) is 35.6 Å². The highest BCUT2D eigenvalue weighted by Gasteiger charge is 2.13. The van der Waals surface area contributed by atoms with Crippen molar-refractivity contribution >= 4 is 34.7 Å². The van der Waals surface area contributed by atoms with E-state index in [4.69, 9.17) is 4.74 Å². The highest BCUT2D eigenvalue weighted by molar-refractivity contribution is 7.14. The molecule has 0 aliphatic rings. The van der Waals surface area contributed by atoms with Crippen LogP contribution in [0.25, 0.3) is 0 Å². The highest BCUT2D eigenvalue weighted by atomic mass is 32.1. The molecule has 2 rings (SSSR count). The van der Waals surface area contributed by atoms with Gasteiger partial charge in [-0.2, -0.15) is 8.78 Å². The number of hydrogen-bond donors (Lipinski definition) is 1. The van der Waals surface area contributed by atoms with Crippen molar-refractivity contribution in [3.8, 4) is 5.75 Å². The Morgan fingerprint density at radius 2 is 1.78 bits per heavy atom. The van der Waals surface area contributed by atoms with Gasteiger partial charge in [0.05, 0.1) is 11.3 Å². The minimum Gasteiger partial charge on any atom is -0.456 e. The molecule has 1 aromatic heterocycles. The number of rotatable bonds is 9. The number of aryl methyl sites for hydroxylation is 1. The highest BCUT2D eigenvalue weighted by Crippen LogP contribution is 2.18. The normalized spacial score (nSPS) is 10.5. The number of carbonyl (C=O) groups is 3. The van der Waals surface area contributed by atoms with Gasteiger partial charge in [0.1, 0.15) is 5.75 Å². The molecule has 0 atom stereocenters. The van der Waals surface area contributed by atoms with Gasteiger partial charge in [0.15, 0.2) is 12.4 Å². The Kier molecular flexibility index (Phi) is 7.42. The van der Waals surface area contributed by atoms with Gasteiger partial charge in [0.25, 0.3) is 5.91 Å². The predicted molar refractivity (Wildman–Crippen MR) is 95.3 cm³/mol. The predicted octanol–water partition coefficient (Wildman–Crippen LogP) is 3.80. The van der Waals surface area contributed by atoms with Crippen LogP contribution in [0.4, 0.5) is 14.5 Å². The number of nitrogens with one attached hydrogen (secondary N) is 1. The third-order valence-electron chi connectivity index (χ3n) is 3.30. The first-order valence-electron chi connectivity index (χ1n) is 7.93. The Hall–Kier alpha value is -2.81. The molecule has 2 aromatic rings. The largest absolute Gasteiger partial charge is 0.456 e. The van der Waals surface area contributed by atoms with Gasteiger partial charge in [-0.15, -0.1) is 11.3 Å². The van der Waals surface area contributed by atoms with Crippen LogP contribution in [-0.4, -0.2) is 30.9 Å². The van der Waals surface area contributed by atoms with E-state index in [-0.39, 0.29) is 24.4 Å². The zero-order valence-corrected chi connectivity index (χ0v) is 15.2. The van der Waals surface area contributed by atoms with E-state index in [9.17, 15) is 23.2 Å². The molecule has 0 aliphatic carbocycles. The van der Waals surface area contributed by atoms with E-state index in [2.05, 4.69) is 10.1 Å². The maximum Gasteiger partial charge on any atom is 0.387 e. The molecule has 1 heterocycles. The number of hydrogen-bond acceptors (Lipinski definition) is 6. The van der Waals surface area contributed by atoms with Crippen molar-refractivity contribution in [1.82, 2.24) is 0 Å². The molecule has 0 fully saturated rings. The van der Waals surface area contributed by atoms with Gasteiger partial charge in [-0.3, -0.25) is 14.4 Å². The zero-order chi connectivity index (χ0) is 19.8. The Morgan fingerprint density at radius 3 is 2.37 bits per heavy atom. The van der Waals surface area contributed by atoms with Crippen LogP contribution in [-0.2, 0) is 14.3 Å². The third kappa shape index (κ3) is 7.14. The molecule has 0 aliphatic heterocycles. The lowest BCUT2D eigenvalue weighted by Gasteiger charge is -2.08. The van der Waals surface area contributed by atoms with Crippen LogP contribution >= 0.6 is 11.3 Å². The second kappa shape index (κ2) is 9.77. The van der Waals surface area contributed by atoms with Crippen LogP contribution in [0.15, 0.2) is 36.4 Å². The molecular weight excluding hydrogens is 380 g/mol. The fourth-order valence-corrected chi connectivity index (χ4v) is 2.89. The summed E-state index contributed by atoms with van der Waals surface area (Å²) in [6.07, 6.45) is -0.116. The average Bonchev–Trinajstić information content (AvgIpc) is 3.05. The minimum absolute atomic E-state index is 0.00596. The summed E-state index contributed by atoms with van der Waals surface area (Å²) in [5.41, 5.74) is 0.334. The number of carbonyl (C=O) groups excluding carboxylic acids is 3. The van der Waals surface area contributed by atoms with Crippen LogP contribution in [0.5, 0.6) is 5.75 Å². The number of alkyl halides is 2. The second-order valence-corrected chi connectivity index (χ2v) is 6.73. The Balaban J connectivity index is 1.70. The lowest BCUT2D eigenvalue weighted by atomic mass is 10.2. The zero-order valence-electron chi connectivity index (χ0n) is 14.4. The van der Waals surface area contributed by atoms with Gasteiger partial charge >= 0.3 is 12.6 Å². The monoisotopic (exact) mass is 397 g/mol. The number of amides is 1. The van der Waals surface area contributed by atoms with Crippen molar-refractivity contribution in [2.75, 3.05) is 11.9 Å². The van der Waals surface area contributed by atoms with Crippen molar-refractivity contribution in [3.63, 3.8) is 0 Å². The van der Waals surface area contributed by atoms with E-state index >= 15 is 0 Å². The number of Topliss-reactive ketones (excluding diaryl/α,β-unsaturated/α-hetero) is 1. The van der Waals surface area contributed by atoms with E-state index < -0.39 is 25.1 Å². The topological polar surface area (TPSA) is 81.7 Å². The van der Waals surface area contributed by atoms with Crippen molar-refractivity contribution in [3.05, 3.63) is 46.2 Å². The van der Waals surface area contributed by atoms with Crippen LogP contribution < -0.4 is 10.1 Å². The summed E-state index contributed by atoms with van der Waals surface area (Å²) in [6.45, 7) is -1.56. The molecular formula is C18H17F2NO5S. The average molecular weight is 397 g/mol. The van der Waals surface area contributed by atoms with E-state index in [0.717, 1.165) is 4.88 Å². The van der Waals surface area contributed by atoms with Crippen molar-refractivity contribution in [2.45, 2.75) is 26.4 Å². The molecule has 0 saturated heterocycles. The number of ether oxygens (including phenoxy) is 2. The standard InChI is InChI=1S/C18H17F2NO5S/c1-11-2-8-15(27-11)14(22)7-9-17(24)25-10-16(23)21-12-3-5-13(6-4-12)26-18(19)20/h2-6,8,18H,7,9-10H2,1H3,(H,21,23). The van der Waals surface area contributed by atoms with E-state index in [1.807, 2.05) is 13.0 Å². The summed E-state index contributed by atoms with van der Waals surface area (Å²) in [4.78, 5) is 36.9. The first kappa shape index (κ1) is 20.5. The Morgan fingerprint density at radius 1 is 1.07 bits per heavy atom. The molecule has 0 radical (unpaired) electrons. The first-order chi connectivity index (χ1) is 12.8. The van der Waals surface area contributed by atoms with Gasteiger partial charge in [-0.05, 0) is 43.3 Å². The number of halogens is 2. The molecule has 144 valence electrons. The number of benzene rings is 1. The van der Waals surface area contributed by atoms with Crippen LogP contribution in [0, 0.1) is 6.92 Å². The molecule has 1 N–H and O–H groups in total. The number of ketones is 1. The summed E-state index contributed by atoms with van der Waals surface area (Å²) in [5.74, 6) is -1.45. The smallest absolute Gasteiger partial charge is 0.387 e.